The van der Waals surface area contributed by atoms with Crippen LogP contribution in [-0.2, 0) is 0 Å². The zero-order valence-corrected chi connectivity index (χ0v) is 9.43. The van der Waals surface area contributed by atoms with Gasteiger partial charge in [0.2, 0.25) is 0 Å². The molecule has 0 aromatic heterocycles. The third kappa shape index (κ3) is 2.50. The second-order valence-corrected chi connectivity index (χ2v) is 4.63. The van der Waals surface area contributed by atoms with E-state index in [9.17, 15) is 9.90 Å². The third-order valence-electron chi connectivity index (χ3n) is 3.48. The molecule has 2 rings (SSSR count). The highest BCUT2D eigenvalue weighted by Crippen LogP contribution is 2.34. The van der Waals surface area contributed by atoms with Crippen LogP contribution in [0.2, 0.25) is 0 Å². The molecule has 0 spiro atoms. The number of hydrogen-bond donors (Lipinski definition) is 1. The van der Waals surface area contributed by atoms with E-state index in [1.54, 1.807) is 12.1 Å². The van der Waals surface area contributed by atoms with Crippen molar-refractivity contribution in [3.05, 3.63) is 35.4 Å². The summed E-state index contributed by atoms with van der Waals surface area (Å²) in [7, 11) is 0. The Hall–Kier alpha value is -1.15. The van der Waals surface area contributed by atoms with Gasteiger partial charge in [0.05, 0.1) is 6.10 Å². The summed E-state index contributed by atoms with van der Waals surface area (Å²) in [4.78, 5) is 10.7. The Balaban J connectivity index is 2.12. The number of aliphatic hydroxyl groups excluding tert-OH is 1. The van der Waals surface area contributed by atoms with Gasteiger partial charge in [0, 0.05) is 5.56 Å². The molecule has 1 saturated carbocycles. The van der Waals surface area contributed by atoms with E-state index in [1.807, 2.05) is 12.1 Å². The highest BCUT2D eigenvalue weighted by Gasteiger charge is 2.22. The lowest BCUT2D eigenvalue weighted by Gasteiger charge is -2.26. The van der Waals surface area contributed by atoms with Crippen LogP contribution in [0, 0.1) is 5.92 Å². The summed E-state index contributed by atoms with van der Waals surface area (Å²) in [6.45, 7) is 0. The van der Waals surface area contributed by atoms with Crippen molar-refractivity contribution in [1.29, 1.82) is 0 Å². The van der Waals surface area contributed by atoms with Gasteiger partial charge >= 0.3 is 0 Å². The minimum atomic E-state index is -0.403. The van der Waals surface area contributed by atoms with Crippen LogP contribution in [0.1, 0.15) is 54.1 Å². The van der Waals surface area contributed by atoms with E-state index in [0.717, 1.165) is 24.7 Å². The third-order valence-corrected chi connectivity index (χ3v) is 3.48. The van der Waals surface area contributed by atoms with Gasteiger partial charge in [-0.25, -0.2) is 0 Å². The van der Waals surface area contributed by atoms with E-state index in [-0.39, 0.29) is 0 Å². The molecule has 1 fully saturated rings. The second-order valence-electron chi connectivity index (χ2n) is 4.63. The fourth-order valence-electron chi connectivity index (χ4n) is 2.54. The molecule has 1 aromatic rings. The van der Waals surface area contributed by atoms with Crippen LogP contribution >= 0.6 is 0 Å². The number of rotatable bonds is 3. The summed E-state index contributed by atoms with van der Waals surface area (Å²) in [5, 5.41) is 10.2. The Kier molecular flexibility index (Phi) is 3.73. The van der Waals surface area contributed by atoms with E-state index in [0.29, 0.717) is 11.5 Å². The van der Waals surface area contributed by atoms with Crippen LogP contribution in [-0.4, -0.2) is 11.4 Å². The Morgan fingerprint density at radius 3 is 2.69 bits per heavy atom. The van der Waals surface area contributed by atoms with Crippen LogP contribution in [0.15, 0.2) is 24.3 Å². The van der Waals surface area contributed by atoms with Crippen molar-refractivity contribution in [2.75, 3.05) is 0 Å². The molecule has 2 heteroatoms. The fraction of sp³-hybridized carbons (Fsp3) is 0.500. The average Bonchev–Trinajstić information content (AvgIpc) is 2.39. The summed E-state index contributed by atoms with van der Waals surface area (Å²) >= 11 is 0. The fourth-order valence-corrected chi connectivity index (χ4v) is 2.54. The van der Waals surface area contributed by atoms with Gasteiger partial charge in [-0.05, 0) is 30.4 Å². The van der Waals surface area contributed by atoms with E-state index in [2.05, 4.69) is 0 Å². The Morgan fingerprint density at radius 2 is 2.00 bits per heavy atom. The van der Waals surface area contributed by atoms with E-state index < -0.39 is 6.10 Å². The minimum Gasteiger partial charge on any atom is -0.388 e. The van der Waals surface area contributed by atoms with Crippen LogP contribution in [0.3, 0.4) is 0 Å². The summed E-state index contributed by atoms with van der Waals surface area (Å²) in [6, 6.07) is 7.31. The molecule has 0 bridgehead atoms. The molecule has 0 amide bonds. The first-order chi connectivity index (χ1) is 7.81. The highest BCUT2D eigenvalue weighted by atomic mass is 16.3. The minimum absolute atomic E-state index is 0.371. The van der Waals surface area contributed by atoms with E-state index in [4.69, 9.17) is 0 Å². The number of carbonyl (C=O) groups is 1. The predicted octanol–water partition coefficient (Wildman–Crippen LogP) is 3.11. The summed E-state index contributed by atoms with van der Waals surface area (Å²) < 4.78 is 0. The van der Waals surface area contributed by atoms with Crippen LogP contribution < -0.4 is 0 Å². The van der Waals surface area contributed by atoms with Crippen molar-refractivity contribution in [3.8, 4) is 0 Å². The number of aldehydes is 1. The molecule has 86 valence electrons. The van der Waals surface area contributed by atoms with Crippen molar-refractivity contribution in [1.82, 2.24) is 0 Å². The van der Waals surface area contributed by atoms with Crippen molar-refractivity contribution in [3.63, 3.8) is 0 Å². The monoisotopic (exact) mass is 218 g/mol. The van der Waals surface area contributed by atoms with Gasteiger partial charge in [-0.15, -0.1) is 0 Å². The van der Waals surface area contributed by atoms with Crippen LogP contribution in [0.5, 0.6) is 0 Å². The zero-order valence-electron chi connectivity index (χ0n) is 9.43. The molecule has 2 nitrogen and oxygen atoms in total. The molecule has 1 atom stereocenters. The van der Waals surface area contributed by atoms with Crippen LogP contribution in [0.4, 0.5) is 0 Å². The quantitative estimate of drug-likeness (QED) is 0.791. The molecular formula is C14H18O2. The van der Waals surface area contributed by atoms with Crippen LogP contribution in [0.25, 0.3) is 0 Å². The predicted molar refractivity (Wildman–Crippen MR) is 63.4 cm³/mol. The second kappa shape index (κ2) is 5.26. The van der Waals surface area contributed by atoms with Gasteiger partial charge in [-0.3, -0.25) is 4.79 Å². The lowest BCUT2D eigenvalue weighted by molar-refractivity contribution is 0.0847. The molecule has 1 aliphatic rings. The molecule has 0 heterocycles. The van der Waals surface area contributed by atoms with E-state index >= 15 is 0 Å². The molecule has 1 aliphatic carbocycles. The molecule has 1 aromatic carbocycles. The van der Waals surface area contributed by atoms with Crippen molar-refractivity contribution < 1.29 is 9.90 Å². The summed E-state index contributed by atoms with van der Waals surface area (Å²) in [6.07, 6.45) is 6.36. The van der Waals surface area contributed by atoms with Gasteiger partial charge in [-0.1, -0.05) is 37.5 Å². The molecule has 1 unspecified atom stereocenters. The standard InChI is InChI=1S/C14H18O2/c15-10-11-5-4-8-13(9-11)14(16)12-6-2-1-3-7-12/h4-5,8-10,12,14,16H,1-3,6-7H2. The molecule has 16 heavy (non-hydrogen) atoms. The first-order valence-electron chi connectivity index (χ1n) is 6.04. The van der Waals surface area contributed by atoms with E-state index in [1.165, 1.54) is 19.3 Å². The van der Waals surface area contributed by atoms with Gasteiger partial charge in [0.25, 0.3) is 0 Å². The first kappa shape index (κ1) is 11.3. The molecule has 0 aliphatic heterocycles. The smallest absolute Gasteiger partial charge is 0.150 e. The number of hydrogen-bond acceptors (Lipinski definition) is 2. The molecule has 1 N–H and O–H groups in total. The SMILES string of the molecule is O=Cc1cccc(C(O)C2CCCCC2)c1. The first-order valence-corrected chi connectivity index (χ1v) is 6.04. The maximum absolute atomic E-state index is 10.7. The van der Waals surface area contributed by atoms with Crippen molar-refractivity contribution in [2.45, 2.75) is 38.2 Å². The Bertz CT molecular complexity index is 354. The normalized spacial score (nSPS) is 19.3. The molecule has 0 saturated heterocycles. The topological polar surface area (TPSA) is 37.3 Å². The Morgan fingerprint density at radius 1 is 1.25 bits per heavy atom. The van der Waals surface area contributed by atoms with Crippen molar-refractivity contribution >= 4 is 6.29 Å². The zero-order chi connectivity index (χ0) is 11.4. The highest BCUT2D eigenvalue weighted by molar-refractivity contribution is 5.74. The maximum atomic E-state index is 10.7. The number of aliphatic hydroxyl groups is 1. The van der Waals surface area contributed by atoms with Gasteiger partial charge in [-0.2, -0.15) is 0 Å². The lowest BCUT2D eigenvalue weighted by Crippen LogP contribution is -2.16. The molecular weight excluding hydrogens is 200 g/mol. The summed E-state index contributed by atoms with van der Waals surface area (Å²) in [5.41, 5.74) is 1.53. The lowest BCUT2D eigenvalue weighted by atomic mass is 9.82. The summed E-state index contributed by atoms with van der Waals surface area (Å²) in [5.74, 6) is 0.371. The number of benzene rings is 1. The average molecular weight is 218 g/mol. The van der Waals surface area contributed by atoms with Gasteiger partial charge in [0.1, 0.15) is 6.29 Å². The maximum Gasteiger partial charge on any atom is 0.150 e. The molecule has 0 radical (unpaired) electrons. The number of carbonyl (C=O) groups excluding carboxylic acids is 1. The largest absolute Gasteiger partial charge is 0.388 e. The van der Waals surface area contributed by atoms with Gasteiger partial charge < -0.3 is 5.11 Å². The Labute approximate surface area is 96.3 Å². The van der Waals surface area contributed by atoms with Crippen molar-refractivity contribution in [2.24, 2.45) is 5.92 Å². The van der Waals surface area contributed by atoms with Gasteiger partial charge in [0.15, 0.2) is 0 Å².